The van der Waals surface area contributed by atoms with Crippen LogP contribution >= 0.6 is 46.4 Å². The number of nitrogens with two attached hydrogens (primary N) is 1. The summed E-state index contributed by atoms with van der Waals surface area (Å²) in [7, 11) is 0. The first-order valence-electron chi connectivity index (χ1n) is 10.2. The lowest BCUT2D eigenvalue weighted by atomic mass is 10.2. The van der Waals surface area contributed by atoms with E-state index < -0.39 is 9.85 Å². The molecule has 5 rings (SSSR count). The quantitative estimate of drug-likeness (QED) is 0.203. The minimum Gasteiger partial charge on any atom is -0.397 e. The van der Waals surface area contributed by atoms with Crippen LogP contribution in [-0.2, 0) is 0 Å². The summed E-state index contributed by atoms with van der Waals surface area (Å²) in [5, 5.41) is 21.8. The monoisotopic (exact) mass is 558 g/mol. The molecule has 0 atom stereocenters. The molecule has 2 aliphatic rings. The van der Waals surface area contributed by atoms with Crippen LogP contribution in [0.3, 0.4) is 0 Å². The highest BCUT2D eigenvalue weighted by molar-refractivity contribution is 6.41. The van der Waals surface area contributed by atoms with Gasteiger partial charge in [-0.1, -0.05) is 46.4 Å². The van der Waals surface area contributed by atoms with Gasteiger partial charge in [-0.25, -0.2) is 4.98 Å². The van der Waals surface area contributed by atoms with Gasteiger partial charge in [-0.2, -0.15) is 0 Å². The molecule has 0 saturated heterocycles. The van der Waals surface area contributed by atoms with Gasteiger partial charge >= 0.3 is 0 Å². The molecular weight excluding hydrogens is 542 g/mol. The highest BCUT2D eigenvalue weighted by atomic mass is 35.5. The summed E-state index contributed by atoms with van der Waals surface area (Å²) in [6, 6.07) is 4.28. The maximum atomic E-state index is 10.4. The van der Waals surface area contributed by atoms with Crippen LogP contribution in [-0.4, -0.2) is 24.8 Å². The van der Waals surface area contributed by atoms with E-state index in [1.54, 1.807) is 12.3 Å². The first-order valence-corrected chi connectivity index (χ1v) is 11.7. The van der Waals surface area contributed by atoms with Gasteiger partial charge in [-0.15, -0.1) is 0 Å². The molecule has 0 spiro atoms. The van der Waals surface area contributed by atoms with Gasteiger partial charge < -0.3 is 5.73 Å². The molecule has 0 amide bonds. The minimum absolute atomic E-state index is 0.0469. The van der Waals surface area contributed by atoms with Gasteiger partial charge in [0, 0.05) is 24.0 Å². The van der Waals surface area contributed by atoms with Gasteiger partial charge in [0.25, 0.3) is 11.4 Å². The molecule has 3 aromatic rings. The molecule has 0 bridgehead atoms. The maximum absolute atomic E-state index is 10.4. The van der Waals surface area contributed by atoms with Crippen molar-refractivity contribution in [3.05, 3.63) is 88.6 Å². The highest BCUT2D eigenvalue weighted by Crippen LogP contribution is 2.43. The van der Waals surface area contributed by atoms with Gasteiger partial charge in [0.15, 0.2) is 0 Å². The number of rotatable bonds is 4. The number of pyridine rings is 3. The third-order valence-electron chi connectivity index (χ3n) is 4.88. The van der Waals surface area contributed by atoms with Crippen LogP contribution in [0.15, 0.2) is 36.8 Å². The Morgan fingerprint density at radius 3 is 1.54 bits per heavy atom. The number of hydrogen-bond acceptors (Lipinski definition) is 8. The van der Waals surface area contributed by atoms with Crippen molar-refractivity contribution in [2.45, 2.75) is 37.5 Å². The third-order valence-corrected chi connectivity index (χ3v) is 6.17. The molecule has 14 heteroatoms. The number of nitrogen functional groups attached to an aromatic ring is 1. The molecule has 10 nitrogen and oxygen atoms in total. The normalized spacial score (nSPS) is 14.2. The van der Waals surface area contributed by atoms with Gasteiger partial charge in [-0.3, -0.25) is 30.2 Å². The van der Waals surface area contributed by atoms with Crippen molar-refractivity contribution in [2.24, 2.45) is 0 Å². The fourth-order valence-electron chi connectivity index (χ4n) is 2.83. The van der Waals surface area contributed by atoms with E-state index in [9.17, 15) is 20.2 Å². The van der Waals surface area contributed by atoms with Crippen molar-refractivity contribution in [2.75, 3.05) is 5.73 Å². The number of nitrogens with zero attached hydrogens (tertiary/aromatic N) is 5. The fourth-order valence-corrected chi connectivity index (χ4v) is 3.73. The molecule has 0 unspecified atom stereocenters. The standard InChI is InChI=1S/C8H7ClN2O2.C8H9ClN2.C5H2Cl2N2O2/c9-7-3-6(11(12)13)4-10-8(7)5-1-2-5;9-7-3-6(10)4-11-8(7)5-1-2-5;6-4-1-3(9(10)11)2-8-5(4)7/h3-5H,1-2H2;3-5H,1-2,10H2;1-2H. The number of halogens is 4. The van der Waals surface area contributed by atoms with Crippen LogP contribution in [0.25, 0.3) is 0 Å². The number of anilines is 1. The van der Waals surface area contributed by atoms with E-state index >= 15 is 0 Å². The summed E-state index contributed by atoms with van der Waals surface area (Å²) in [5.74, 6) is 1.02. The minimum atomic E-state index is -0.588. The zero-order valence-corrected chi connectivity index (χ0v) is 20.9. The lowest BCUT2D eigenvalue weighted by Gasteiger charge is -2.00. The number of hydrogen-bond donors (Lipinski definition) is 1. The van der Waals surface area contributed by atoms with E-state index in [1.807, 2.05) is 0 Å². The van der Waals surface area contributed by atoms with Crippen LogP contribution in [0.4, 0.5) is 17.1 Å². The molecular formula is C21H18Cl4N6O4. The maximum Gasteiger partial charge on any atom is 0.289 e. The molecule has 2 fully saturated rings. The van der Waals surface area contributed by atoms with Crippen LogP contribution in [0, 0.1) is 20.2 Å². The Balaban J connectivity index is 0.000000148. The van der Waals surface area contributed by atoms with Gasteiger partial charge in [0.2, 0.25) is 0 Å². The van der Waals surface area contributed by atoms with E-state index in [0.717, 1.165) is 36.5 Å². The van der Waals surface area contributed by atoms with Crippen molar-refractivity contribution in [1.29, 1.82) is 0 Å². The second-order valence-electron chi connectivity index (χ2n) is 7.73. The topological polar surface area (TPSA) is 151 Å². The molecule has 0 aromatic carbocycles. The zero-order valence-electron chi connectivity index (χ0n) is 17.9. The van der Waals surface area contributed by atoms with Crippen molar-refractivity contribution in [1.82, 2.24) is 15.0 Å². The predicted octanol–water partition coefficient (Wildman–Crippen LogP) is 7.01. The van der Waals surface area contributed by atoms with Crippen molar-refractivity contribution >= 4 is 63.5 Å². The Labute approximate surface area is 219 Å². The van der Waals surface area contributed by atoms with E-state index in [0.29, 0.717) is 27.6 Å². The molecule has 0 aliphatic heterocycles. The van der Waals surface area contributed by atoms with Gasteiger partial charge in [0.05, 0.1) is 48.2 Å². The van der Waals surface area contributed by atoms with E-state index in [4.69, 9.17) is 52.1 Å². The molecule has 2 N–H and O–H groups in total. The second-order valence-corrected chi connectivity index (χ2v) is 9.30. The Hall–Kier alpha value is -2.79. The fraction of sp³-hybridized carbons (Fsp3) is 0.286. The summed E-state index contributed by atoms with van der Waals surface area (Å²) in [4.78, 5) is 31.1. The number of nitro groups is 2. The van der Waals surface area contributed by atoms with E-state index in [1.165, 1.54) is 25.1 Å². The first kappa shape index (κ1) is 26.8. The molecule has 184 valence electrons. The average Bonchev–Trinajstić information content (AvgIpc) is 3.70. The average molecular weight is 560 g/mol. The summed E-state index contributed by atoms with van der Waals surface area (Å²) in [6.45, 7) is 0. The van der Waals surface area contributed by atoms with Crippen molar-refractivity contribution < 1.29 is 9.85 Å². The SMILES string of the molecule is Nc1cnc(C2CC2)c(Cl)c1.O=[N+]([O-])c1cnc(C2CC2)c(Cl)c1.O=[N+]([O-])c1cnc(Cl)c(Cl)c1. The predicted molar refractivity (Wildman–Crippen MR) is 134 cm³/mol. The van der Waals surface area contributed by atoms with E-state index in [2.05, 4.69) is 15.0 Å². The summed E-state index contributed by atoms with van der Waals surface area (Å²) < 4.78 is 0. The van der Waals surface area contributed by atoms with Gasteiger partial charge in [-0.05, 0) is 31.7 Å². The highest BCUT2D eigenvalue weighted by Gasteiger charge is 2.28. The Kier molecular flexibility index (Phi) is 9.01. The summed E-state index contributed by atoms with van der Waals surface area (Å²) >= 11 is 22.6. The Bertz CT molecular complexity index is 1250. The summed E-state index contributed by atoms with van der Waals surface area (Å²) in [6.07, 6.45) is 8.59. The Morgan fingerprint density at radius 2 is 1.14 bits per heavy atom. The summed E-state index contributed by atoms with van der Waals surface area (Å²) in [5.41, 5.74) is 7.74. The van der Waals surface area contributed by atoms with Crippen molar-refractivity contribution in [3.63, 3.8) is 0 Å². The van der Waals surface area contributed by atoms with Crippen LogP contribution in [0.1, 0.15) is 48.9 Å². The molecule has 2 saturated carbocycles. The van der Waals surface area contributed by atoms with Crippen LogP contribution < -0.4 is 5.73 Å². The number of aromatic nitrogens is 3. The lowest BCUT2D eigenvalue weighted by Crippen LogP contribution is -1.93. The smallest absolute Gasteiger partial charge is 0.289 e. The largest absolute Gasteiger partial charge is 0.397 e. The first-order chi connectivity index (χ1) is 16.6. The van der Waals surface area contributed by atoms with E-state index in [-0.39, 0.29) is 21.6 Å². The van der Waals surface area contributed by atoms with Crippen molar-refractivity contribution in [3.8, 4) is 0 Å². The van der Waals surface area contributed by atoms with Crippen LogP contribution in [0.2, 0.25) is 20.2 Å². The molecule has 2 aliphatic carbocycles. The molecule has 0 radical (unpaired) electrons. The van der Waals surface area contributed by atoms with Crippen LogP contribution in [0.5, 0.6) is 0 Å². The molecule has 3 heterocycles. The molecule has 3 aromatic heterocycles. The molecule has 35 heavy (non-hydrogen) atoms. The lowest BCUT2D eigenvalue weighted by molar-refractivity contribution is -0.385. The van der Waals surface area contributed by atoms with Gasteiger partial charge in [0.1, 0.15) is 17.5 Å². The zero-order chi connectivity index (χ0) is 25.7. The second kappa shape index (κ2) is 11.8. The Morgan fingerprint density at radius 1 is 0.714 bits per heavy atom. The third kappa shape index (κ3) is 7.86.